The number of amides is 2. The lowest BCUT2D eigenvalue weighted by atomic mass is 9.86. The minimum absolute atomic E-state index is 0.0571. The minimum atomic E-state index is -0.209. The van der Waals surface area contributed by atoms with Crippen LogP contribution < -0.4 is 16.0 Å². The molecule has 1 radical (unpaired) electrons. The van der Waals surface area contributed by atoms with Crippen molar-refractivity contribution in [2.75, 3.05) is 0 Å². The maximum absolute atomic E-state index is 12.5. The fourth-order valence-electron chi connectivity index (χ4n) is 3.40. The van der Waals surface area contributed by atoms with Crippen LogP contribution in [0.25, 0.3) is 0 Å². The minimum Gasteiger partial charge on any atom is -0.365 e. The van der Waals surface area contributed by atoms with Crippen LogP contribution in [0.3, 0.4) is 0 Å². The SMILES string of the molecule is CC1=C2[C](C=CN1)NC(=O)C(CC(=O)N[C@H](C)c1cccc(C)c1)=C2C. The summed E-state index contributed by atoms with van der Waals surface area (Å²) in [6, 6.07) is 8.71. The topological polar surface area (TPSA) is 70.2 Å². The first kappa shape index (κ1) is 18.0. The highest BCUT2D eigenvalue weighted by Gasteiger charge is 2.32. The molecule has 0 fully saturated rings. The maximum Gasteiger partial charge on any atom is 0.249 e. The second-order valence-electron chi connectivity index (χ2n) is 6.83. The van der Waals surface area contributed by atoms with Gasteiger partial charge in [0.05, 0.1) is 12.5 Å². The second kappa shape index (κ2) is 7.20. The summed E-state index contributed by atoms with van der Waals surface area (Å²) in [7, 11) is 0. The number of dihydropyridines is 1. The molecule has 1 aromatic carbocycles. The Kier molecular flexibility index (Phi) is 4.98. The van der Waals surface area contributed by atoms with Crippen LogP contribution in [0.5, 0.6) is 0 Å². The van der Waals surface area contributed by atoms with Crippen molar-refractivity contribution in [2.45, 2.75) is 40.2 Å². The average molecular weight is 350 g/mol. The lowest BCUT2D eigenvalue weighted by molar-refractivity contribution is -0.123. The summed E-state index contributed by atoms with van der Waals surface area (Å²) >= 11 is 0. The zero-order valence-corrected chi connectivity index (χ0v) is 15.6. The Balaban J connectivity index is 1.76. The third-order valence-electron chi connectivity index (χ3n) is 4.80. The molecule has 1 atom stereocenters. The predicted octanol–water partition coefficient (Wildman–Crippen LogP) is 2.93. The fraction of sp³-hybridized carbons (Fsp3) is 0.286. The van der Waals surface area contributed by atoms with Crippen LogP contribution in [0.15, 0.2) is 59.0 Å². The molecule has 0 saturated carbocycles. The first-order valence-corrected chi connectivity index (χ1v) is 8.75. The fourth-order valence-corrected chi connectivity index (χ4v) is 3.40. The van der Waals surface area contributed by atoms with Crippen molar-refractivity contribution in [1.29, 1.82) is 0 Å². The van der Waals surface area contributed by atoms with E-state index in [-0.39, 0.29) is 24.3 Å². The van der Waals surface area contributed by atoms with E-state index in [1.807, 2.05) is 52.0 Å². The second-order valence-corrected chi connectivity index (χ2v) is 6.83. The molecule has 135 valence electrons. The first-order chi connectivity index (χ1) is 12.4. The quantitative estimate of drug-likeness (QED) is 0.782. The summed E-state index contributed by atoms with van der Waals surface area (Å²) in [6.07, 6.45) is 3.69. The first-order valence-electron chi connectivity index (χ1n) is 8.75. The number of benzene rings is 1. The van der Waals surface area contributed by atoms with Gasteiger partial charge in [-0.15, -0.1) is 0 Å². The zero-order chi connectivity index (χ0) is 18.8. The molecule has 2 heterocycles. The molecule has 5 heteroatoms. The third-order valence-corrected chi connectivity index (χ3v) is 4.80. The van der Waals surface area contributed by atoms with Crippen molar-refractivity contribution in [1.82, 2.24) is 16.0 Å². The Labute approximate surface area is 154 Å². The Morgan fingerprint density at radius 3 is 2.73 bits per heavy atom. The number of fused-ring (bicyclic) bond motifs is 1. The van der Waals surface area contributed by atoms with Gasteiger partial charge in [0, 0.05) is 16.8 Å². The van der Waals surface area contributed by atoms with E-state index in [1.54, 1.807) is 6.20 Å². The molecule has 0 aliphatic carbocycles. The number of aryl methyl sites for hydroxylation is 1. The van der Waals surface area contributed by atoms with Crippen LogP contribution >= 0.6 is 0 Å². The van der Waals surface area contributed by atoms with Crippen LogP contribution in [0.2, 0.25) is 0 Å². The number of rotatable bonds is 4. The molecular formula is C21H24N3O2. The highest BCUT2D eigenvalue weighted by Crippen LogP contribution is 2.33. The summed E-state index contributed by atoms with van der Waals surface area (Å²) in [5.41, 5.74) is 5.48. The van der Waals surface area contributed by atoms with Gasteiger partial charge in [-0.25, -0.2) is 0 Å². The van der Waals surface area contributed by atoms with Crippen LogP contribution in [-0.4, -0.2) is 11.8 Å². The van der Waals surface area contributed by atoms with Crippen molar-refractivity contribution >= 4 is 11.8 Å². The average Bonchev–Trinajstić information content (AvgIpc) is 2.58. The van der Waals surface area contributed by atoms with Crippen LogP contribution in [-0.2, 0) is 9.59 Å². The molecule has 2 aliphatic heterocycles. The van der Waals surface area contributed by atoms with Gasteiger partial charge < -0.3 is 16.0 Å². The number of allylic oxidation sites excluding steroid dienone is 1. The normalized spacial score (nSPS) is 18.2. The van der Waals surface area contributed by atoms with Gasteiger partial charge in [0.2, 0.25) is 11.8 Å². The monoisotopic (exact) mass is 350 g/mol. The molecule has 0 bridgehead atoms. The summed E-state index contributed by atoms with van der Waals surface area (Å²) in [5.74, 6) is -0.372. The van der Waals surface area contributed by atoms with Gasteiger partial charge in [0.15, 0.2) is 0 Å². The van der Waals surface area contributed by atoms with Gasteiger partial charge in [-0.2, -0.15) is 0 Å². The van der Waals surface area contributed by atoms with E-state index >= 15 is 0 Å². The van der Waals surface area contributed by atoms with E-state index in [1.165, 1.54) is 0 Å². The maximum atomic E-state index is 12.5. The third kappa shape index (κ3) is 3.57. The molecule has 0 aromatic heterocycles. The molecule has 3 rings (SSSR count). The van der Waals surface area contributed by atoms with E-state index in [2.05, 4.69) is 22.0 Å². The van der Waals surface area contributed by atoms with Crippen molar-refractivity contribution in [2.24, 2.45) is 0 Å². The van der Waals surface area contributed by atoms with Gasteiger partial charge in [-0.05, 0) is 51.1 Å². The van der Waals surface area contributed by atoms with Crippen molar-refractivity contribution in [3.8, 4) is 0 Å². The van der Waals surface area contributed by atoms with E-state index in [9.17, 15) is 9.59 Å². The number of hydrogen-bond donors (Lipinski definition) is 3. The van der Waals surface area contributed by atoms with E-state index < -0.39 is 0 Å². The van der Waals surface area contributed by atoms with Crippen LogP contribution in [0.4, 0.5) is 0 Å². The standard InChI is InChI=1S/C21H24N3O2/c1-12-6-5-7-16(10-12)14(3)23-19(25)11-17-13(2)20-15(4)22-9-8-18(20)24-21(17)26/h5-10,14,22H,11H2,1-4H3,(H,23,25)(H,24,26)/t14-/m1/s1. The molecule has 26 heavy (non-hydrogen) atoms. The Morgan fingerprint density at radius 2 is 2.00 bits per heavy atom. The van der Waals surface area contributed by atoms with Gasteiger partial charge >= 0.3 is 0 Å². The molecule has 3 N–H and O–H groups in total. The van der Waals surface area contributed by atoms with E-state index in [4.69, 9.17) is 0 Å². The van der Waals surface area contributed by atoms with Crippen LogP contribution in [0, 0.1) is 13.0 Å². The van der Waals surface area contributed by atoms with Crippen LogP contribution in [0.1, 0.15) is 44.4 Å². The molecule has 0 saturated heterocycles. The number of carbonyl (C=O) groups excluding carboxylic acids is 2. The smallest absolute Gasteiger partial charge is 0.249 e. The highest BCUT2D eigenvalue weighted by atomic mass is 16.2. The zero-order valence-electron chi connectivity index (χ0n) is 15.6. The predicted molar refractivity (Wildman–Crippen MR) is 101 cm³/mol. The number of hydrogen-bond acceptors (Lipinski definition) is 3. The molecule has 2 amide bonds. The largest absolute Gasteiger partial charge is 0.365 e. The molecule has 1 aromatic rings. The number of nitrogens with one attached hydrogen (secondary N) is 3. The van der Waals surface area contributed by atoms with Crippen molar-refractivity contribution < 1.29 is 9.59 Å². The Hall–Kier alpha value is -2.82. The van der Waals surface area contributed by atoms with E-state index in [0.717, 1.165) is 34.0 Å². The van der Waals surface area contributed by atoms with Gasteiger partial charge in [-0.3, -0.25) is 9.59 Å². The molecule has 0 unspecified atom stereocenters. The van der Waals surface area contributed by atoms with Gasteiger partial charge in [-0.1, -0.05) is 29.8 Å². The summed E-state index contributed by atoms with van der Waals surface area (Å²) in [5, 5.41) is 9.02. The number of carbonyl (C=O) groups is 2. The van der Waals surface area contributed by atoms with Gasteiger partial charge in [0.25, 0.3) is 0 Å². The molecule has 0 spiro atoms. The van der Waals surface area contributed by atoms with E-state index in [0.29, 0.717) is 5.57 Å². The summed E-state index contributed by atoms with van der Waals surface area (Å²) < 4.78 is 0. The lowest BCUT2D eigenvalue weighted by Gasteiger charge is -2.30. The Bertz CT molecular complexity index is 849. The Morgan fingerprint density at radius 1 is 1.23 bits per heavy atom. The highest BCUT2D eigenvalue weighted by molar-refractivity contribution is 6.03. The van der Waals surface area contributed by atoms with Crippen molar-refractivity contribution in [3.05, 3.63) is 76.1 Å². The molecule has 5 nitrogen and oxygen atoms in total. The summed E-state index contributed by atoms with van der Waals surface area (Å²) in [6.45, 7) is 7.82. The van der Waals surface area contributed by atoms with Crippen molar-refractivity contribution in [3.63, 3.8) is 0 Å². The molecular weight excluding hydrogens is 326 g/mol. The molecule has 2 aliphatic rings. The lowest BCUT2D eigenvalue weighted by Crippen LogP contribution is -2.39. The summed E-state index contributed by atoms with van der Waals surface area (Å²) in [4.78, 5) is 25.0. The van der Waals surface area contributed by atoms with Gasteiger partial charge in [0.1, 0.15) is 6.04 Å².